The number of piperazine rings is 1. The van der Waals surface area contributed by atoms with Gasteiger partial charge in [-0.2, -0.15) is 0 Å². The monoisotopic (exact) mass is 456 g/mol. The van der Waals surface area contributed by atoms with Gasteiger partial charge in [0.15, 0.2) is 0 Å². The van der Waals surface area contributed by atoms with Crippen LogP contribution in [0.5, 0.6) is 0 Å². The Morgan fingerprint density at radius 2 is 1.82 bits per heavy atom. The third kappa shape index (κ3) is 5.65. The number of fused-ring (bicyclic) bond motifs is 1. The molecule has 2 fully saturated rings. The second-order valence-corrected chi connectivity index (χ2v) is 8.84. The van der Waals surface area contributed by atoms with Crippen LogP contribution < -0.4 is 5.32 Å². The van der Waals surface area contributed by atoms with Crippen LogP contribution in [-0.2, 0) is 18.3 Å². The number of carbonyl (C=O) groups excluding carboxylic acids is 2. The zero-order valence-corrected chi connectivity index (χ0v) is 19.9. The predicted octanol–water partition coefficient (Wildman–Crippen LogP) is 2.06. The lowest BCUT2D eigenvalue weighted by Gasteiger charge is -2.34. The van der Waals surface area contributed by atoms with Crippen LogP contribution in [-0.4, -0.2) is 95.2 Å². The Morgan fingerprint density at radius 1 is 1.06 bits per heavy atom. The van der Waals surface area contributed by atoms with E-state index in [0.717, 1.165) is 74.4 Å². The fourth-order valence-electron chi connectivity index (χ4n) is 4.56. The van der Waals surface area contributed by atoms with E-state index >= 15 is 0 Å². The minimum absolute atomic E-state index is 0.00378. The summed E-state index contributed by atoms with van der Waals surface area (Å²) in [6.07, 6.45) is 3.01. The summed E-state index contributed by atoms with van der Waals surface area (Å²) in [6, 6.07) is 5.85. The van der Waals surface area contributed by atoms with Crippen LogP contribution in [0.1, 0.15) is 42.4 Å². The second-order valence-electron chi connectivity index (χ2n) is 8.84. The molecule has 4 rings (SSSR count). The number of aromatic nitrogens is 2. The predicted molar refractivity (Wildman–Crippen MR) is 127 cm³/mol. The summed E-state index contributed by atoms with van der Waals surface area (Å²) in [5.74, 6) is 1.08. The molecular formula is C24H36N6O3. The molecule has 3 heterocycles. The number of likely N-dealkylation sites (tertiary alicyclic amines) is 1. The van der Waals surface area contributed by atoms with Crippen LogP contribution in [0.25, 0.3) is 11.0 Å². The molecule has 0 spiro atoms. The molecule has 2 aliphatic heterocycles. The zero-order valence-electron chi connectivity index (χ0n) is 19.9. The number of urea groups is 1. The molecule has 9 heteroatoms. The fraction of sp³-hybridized carbons (Fsp3) is 0.625. The Bertz CT molecular complexity index is 961. The minimum atomic E-state index is 0.00378. The highest BCUT2D eigenvalue weighted by molar-refractivity contribution is 5.97. The summed E-state index contributed by atoms with van der Waals surface area (Å²) in [5, 5.41) is 2.98. The highest BCUT2D eigenvalue weighted by Crippen LogP contribution is 2.21. The quantitative estimate of drug-likeness (QED) is 0.615. The van der Waals surface area contributed by atoms with Crippen molar-refractivity contribution < 1.29 is 14.3 Å². The van der Waals surface area contributed by atoms with Gasteiger partial charge < -0.3 is 24.4 Å². The first-order chi connectivity index (χ1) is 16.1. The first kappa shape index (κ1) is 23.5. The highest BCUT2D eigenvalue weighted by atomic mass is 16.5. The molecule has 1 aromatic carbocycles. The molecule has 1 aromatic heterocycles. The summed E-state index contributed by atoms with van der Waals surface area (Å²) in [6.45, 7) is 9.46. The van der Waals surface area contributed by atoms with Gasteiger partial charge in [0.05, 0.1) is 17.6 Å². The van der Waals surface area contributed by atoms with E-state index in [2.05, 4.69) is 14.8 Å². The van der Waals surface area contributed by atoms with Crippen molar-refractivity contribution in [3.05, 3.63) is 29.6 Å². The van der Waals surface area contributed by atoms with E-state index < -0.39 is 0 Å². The van der Waals surface area contributed by atoms with Gasteiger partial charge in [-0.05, 0) is 44.4 Å². The van der Waals surface area contributed by atoms with Crippen LogP contribution in [0.4, 0.5) is 4.79 Å². The number of nitrogens with one attached hydrogen (secondary N) is 1. The van der Waals surface area contributed by atoms with Gasteiger partial charge in [0.1, 0.15) is 5.82 Å². The van der Waals surface area contributed by atoms with E-state index in [4.69, 9.17) is 9.72 Å². The number of imidazole rings is 1. The average molecular weight is 457 g/mol. The smallest absolute Gasteiger partial charge is 0.317 e. The van der Waals surface area contributed by atoms with E-state index in [-0.39, 0.29) is 11.9 Å². The number of hydrogen-bond donors (Lipinski definition) is 1. The number of aryl methyl sites for hydroxylation is 1. The Balaban J connectivity index is 1.30. The highest BCUT2D eigenvalue weighted by Gasteiger charge is 2.23. The first-order valence-electron chi connectivity index (χ1n) is 12.1. The number of rotatable bonds is 8. The maximum absolute atomic E-state index is 12.7. The first-order valence-corrected chi connectivity index (χ1v) is 12.1. The van der Waals surface area contributed by atoms with E-state index in [1.807, 2.05) is 42.0 Å². The SMILES string of the molecule is CCOCCCNC(=O)N1CCN(Cc2nc3cc(C(=O)N4CCCC4)ccc3n2C)CC1. The van der Waals surface area contributed by atoms with Crippen LogP contribution >= 0.6 is 0 Å². The van der Waals surface area contributed by atoms with E-state index in [1.54, 1.807) is 0 Å². The van der Waals surface area contributed by atoms with Crippen molar-refractivity contribution in [1.29, 1.82) is 0 Å². The van der Waals surface area contributed by atoms with E-state index in [1.165, 1.54) is 0 Å². The third-order valence-corrected chi connectivity index (χ3v) is 6.58. The van der Waals surface area contributed by atoms with Crippen molar-refractivity contribution in [1.82, 2.24) is 29.6 Å². The maximum atomic E-state index is 12.7. The molecule has 9 nitrogen and oxygen atoms in total. The van der Waals surface area contributed by atoms with Crippen LogP contribution in [0.15, 0.2) is 18.2 Å². The number of carbonyl (C=O) groups is 2. The lowest BCUT2D eigenvalue weighted by Crippen LogP contribution is -2.51. The lowest BCUT2D eigenvalue weighted by atomic mass is 10.2. The van der Waals surface area contributed by atoms with Crippen molar-refractivity contribution in [2.24, 2.45) is 7.05 Å². The lowest BCUT2D eigenvalue weighted by molar-refractivity contribution is 0.0793. The Morgan fingerprint density at radius 3 is 2.55 bits per heavy atom. The van der Waals surface area contributed by atoms with Gasteiger partial charge in [0.25, 0.3) is 5.91 Å². The summed E-state index contributed by atoms with van der Waals surface area (Å²) < 4.78 is 7.41. The van der Waals surface area contributed by atoms with Crippen molar-refractivity contribution in [3.8, 4) is 0 Å². The molecule has 0 saturated carbocycles. The van der Waals surface area contributed by atoms with Crippen LogP contribution in [0, 0.1) is 0 Å². The van der Waals surface area contributed by atoms with Gasteiger partial charge in [-0.25, -0.2) is 9.78 Å². The molecule has 2 aromatic rings. The summed E-state index contributed by atoms with van der Waals surface area (Å²) in [7, 11) is 2.03. The molecular weight excluding hydrogens is 420 g/mol. The molecule has 0 atom stereocenters. The molecule has 0 unspecified atom stereocenters. The number of ether oxygens (including phenoxy) is 1. The molecule has 2 aliphatic rings. The largest absolute Gasteiger partial charge is 0.382 e. The number of amides is 3. The molecule has 0 radical (unpaired) electrons. The van der Waals surface area contributed by atoms with Crippen molar-refractivity contribution in [2.75, 3.05) is 59.0 Å². The standard InChI is InChI=1S/C24H36N6O3/c1-3-33-16-6-9-25-24(32)30-14-12-28(13-15-30)18-22-26-20-17-19(7-8-21(20)27(22)2)23(31)29-10-4-5-11-29/h7-8,17H,3-6,9-16,18H2,1-2H3,(H,25,32). The van der Waals surface area contributed by atoms with Crippen molar-refractivity contribution in [3.63, 3.8) is 0 Å². The molecule has 0 bridgehead atoms. The fourth-order valence-corrected chi connectivity index (χ4v) is 4.56. The zero-order chi connectivity index (χ0) is 23.2. The molecule has 3 amide bonds. The van der Waals surface area contributed by atoms with E-state index in [9.17, 15) is 9.59 Å². The van der Waals surface area contributed by atoms with E-state index in [0.29, 0.717) is 32.8 Å². The Kier molecular flexibility index (Phi) is 7.82. The molecule has 0 aliphatic carbocycles. The Labute approximate surface area is 195 Å². The van der Waals surface area contributed by atoms with Crippen LogP contribution in [0.2, 0.25) is 0 Å². The number of nitrogens with zero attached hydrogens (tertiary/aromatic N) is 5. The maximum Gasteiger partial charge on any atom is 0.317 e. The number of benzene rings is 1. The number of hydrogen-bond acceptors (Lipinski definition) is 5. The summed E-state index contributed by atoms with van der Waals surface area (Å²) in [5.41, 5.74) is 2.62. The molecule has 1 N–H and O–H groups in total. The van der Waals surface area contributed by atoms with Gasteiger partial charge >= 0.3 is 6.03 Å². The van der Waals surface area contributed by atoms with Gasteiger partial charge in [0, 0.05) is 71.6 Å². The molecule has 2 saturated heterocycles. The third-order valence-electron chi connectivity index (χ3n) is 6.58. The van der Waals surface area contributed by atoms with Crippen LogP contribution in [0.3, 0.4) is 0 Å². The summed E-state index contributed by atoms with van der Waals surface area (Å²) >= 11 is 0. The van der Waals surface area contributed by atoms with Crippen molar-refractivity contribution in [2.45, 2.75) is 32.7 Å². The van der Waals surface area contributed by atoms with Gasteiger partial charge in [-0.15, -0.1) is 0 Å². The minimum Gasteiger partial charge on any atom is -0.382 e. The normalized spacial score (nSPS) is 17.2. The van der Waals surface area contributed by atoms with Gasteiger partial charge in [-0.3, -0.25) is 9.69 Å². The van der Waals surface area contributed by atoms with Gasteiger partial charge in [0.2, 0.25) is 0 Å². The second kappa shape index (κ2) is 11.0. The van der Waals surface area contributed by atoms with Crippen molar-refractivity contribution >= 4 is 23.0 Å². The Hall–Kier alpha value is -2.65. The molecule has 180 valence electrons. The molecule has 33 heavy (non-hydrogen) atoms. The average Bonchev–Trinajstić information content (AvgIpc) is 3.47. The topological polar surface area (TPSA) is 82.9 Å². The van der Waals surface area contributed by atoms with Gasteiger partial charge in [-0.1, -0.05) is 0 Å². The summed E-state index contributed by atoms with van der Waals surface area (Å²) in [4.78, 5) is 36.1.